The number of urea groups is 1. The lowest BCUT2D eigenvalue weighted by molar-refractivity contribution is -0.145. The van der Waals surface area contributed by atoms with Crippen LogP contribution < -0.4 is 10.6 Å². The molecular weight excluding hydrogens is 283 g/mol. The molecular formula is C13H15FN2O5. The van der Waals surface area contributed by atoms with Crippen LogP contribution in [-0.2, 0) is 9.59 Å². The lowest BCUT2D eigenvalue weighted by atomic mass is 10.1. The standard InChI is InChI=1S/C13H15FN2O5/c1-7(8-2-4-9(14)5-3-8)15-13(21)16-10(12(19)20)6-11(17)18/h2-5,7,10H,6H2,1H3,(H,17,18)(H,19,20)(H2,15,16,21). The van der Waals surface area contributed by atoms with Crippen molar-refractivity contribution in [3.05, 3.63) is 35.6 Å². The first-order valence-electron chi connectivity index (χ1n) is 6.06. The fraction of sp³-hybridized carbons (Fsp3) is 0.308. The Balaban J connectivity index is 2.61. The summed E-state index contributed by atoms with van der Waals surface area (Å²) in [5, 5.41) is 21.9. The molecule has 0 spiro atoms. The van der Waals surface area contributed by atoms with Crippen LogP contribution in [0.25, 0.3) is 0 Å². The second-order valence-electron chi connectivity index (χ2n) is 4.38. The average Bonchev–Trinajstić information content (AvgIpc) is 2.37. The summed E-state index contributed by atoms with van der Waals surface area (Å²) in [5.41, 5.74) is 0.622. The van der Waals surface area contributed by atoms with Crippen LogP contribution in [0, 0.1) is 5.82 Å². The van der Waals surface area contributed by atoms with Gasteiger partial charge in [0.05, 0.1) is 12.5 Å². The number of halogens is 1. The Hall–Kier alpha value is -2.64. The first kappa shape index (κ1) is 16.4. The normalized spacial score (nSPS) is 13.0. The van der Waals surface area contributed by atoms with Crippen molar-refractivity contribution >= 4 is 18.0 Å². The Morgan fingerprint density at radius 3 is 2.19 bits per heavy atom. The fourth-order valence-electron chi connectivity index (χ4n) is 1.61. The van der Waals surface area contributed by atoms with Crippen LogP contribution in [0.1, 0.15) is 24.9 Å². The molecule has 0 aliphatic carbocycles. The molecule has 0 bridgehead atoms. The van der Waals surface area contributed by atoms with Crippen LogP contribution in [0.4, 0.5) is 9.18 Å². The van der Waals surface area contributed by atoms with Gasteiger partial charge in [-0.1, -0.05) is 12.1 Å². The number of hydrogen-bond donors (Lipinski definition) is 4. The second kappa shape index (κ2) is 7.22. The van der Waals surface area contributed by atoms with Crippen molar-refractivity contribution in [3.63, 3.8) is 0 Å². The molecule has 114 valence electrons. The number of benzene rings is 1. The van der Waals surface area contributed by atoms with E-state index in [-0.39, 0.29) is 0 Å². The third-order valence-corrected chi connectivity index (χ3v) is 2.70. The minimum absolute atomic E-state index is 0.414. The number of nitrogens with one attached hydrogen (secondary N) is 2. The van der Waals surface area contributed by atoms with Gasteiger partial charge in [-0.3, -0.25) is 4.79 Å². The third-order valence-electron chi connectivity index (χ3n) is 2.70. The van der Waals surface area contributed by atoms with Gasteiger partial charge in [0.15, 0.2) is 0 Å². The van der Waals surface area contributed by atoms with Crippen LogP contribution in [0.5, 0.6) is 0 Å². The maximum atomic E-state index is 12.8. The molecule has 0 saturated carbocycles. The zero-order valence-corrected chi connectivity index (χ0v) is 11.2. The molecule has 0 aliphatic rings. The van der Waals surface area contributed by atoms with E-state index in [2.05, 4.69) is 10.6 Å². The molecule has 1 aromatic rings. The monoisotopic (exact) mass is 298 g/mol. The fourth-order valence-corrected chi connectivity index (χ4v) is 1.61. The zero-order chi connectivity index (χ0) is 16.0. The Morgan fingerprint density at radius 1 is 1.14 bits per heavy atom. The molecule has 21 heavy (non-hydrogen) atoms. The molecule has 4 N–H and O–H groups in total. The Bertz CT molecular complexity index is 532. The molecule has 0 saturated heterocycles. The van der Waals surface area contributed by atoms with Crippen LogP contribution in [0.15, 0.2) is 24.3 Å². The van der Waals surface area contributed by atoms with E-state index in [1.54, 1.807) is 6.92 Å². The van der Waals surface area contributed by atoms with Crippen molar-refractivity contribution in [2.75, 3.05) is 0 Å². The van der Waals surface area contributed by atoms with E-state index in [9.17, 15) is 18.8 Å². The van der Waals surface area contributed by atoms with Crippen LogP contribution in [-0.4, -0.2) is 34.2 Å². The highest BCUT2D eigenvalue weighted by molar-refractivity contribution is 5.86. The summed E-state index contributed by atoms with van der Waals surface area (Å²) in [6, 6.07) is 2.58. The van der Waals surface area contributed by atoms with E-state index in [1.807, 2.05) is 0 Å². The van der Waals surface area contributed by atoms with Crippen molar-refractivity contribution in [3.8, 4) is 0 Å². The van der Waals surface area contributed by atoms with Crippen molar-refractivity contribution in [1.82, 2.24) is 10.6 Å². The highest BCUT2D eigenvalue weighted by Gasteiger charge is 2.23. The average molecular weight is 298 g/mol. The number of hydrogen-bond acceptors (Lipinski definition) is 3. The Labute approximate surface area is 119 Å². The minimum atomic E-state index is -1.53. The first-order chi connectivity index (χ1) is 9.79. The van der Waals surface area contributed by atoms with Gasteiger partial charge < -0.3 is 20.8 Å². The Morgan fingerprint density at radius 2 is 1.71 bits per heavy atom. The summed E-state index contributed by atoms with van der Waals surface area (Å²) in [4.78, 5) is 33.0. The molecule has 0 heterocycles. The SMILES string of the molecule is CC(NC(=O)NC(CC(=O)O)C(=O)O)c1ccc(F)cc1. The summed E-state index contributed by atoms with van der Waals surface area (Å²) in [6.07, 6.45) is -0.728. The first-order valence-corrected chi connectivity index (χ1v) is 6.06. The van der Waals surface area contributed by atoms with E-state index >= 15 is 0 Å². The van der Waals surface area contributed by atoms with Gasteiger partial charge in [0.2, 0.25) is 0 Å². The third kappa shape index (κ3) is 5.47. The van der Waals surface area contributed by atoms with Gasteiger partial charge in [-0.05, 0) is 24.6 Å². The molecule has 0 aliphatic heterocycles. The van der Waals surface area contributed by atoms with Gasteiger partial charge in [0.1, 0.15) is 11.9 Å². The number of carbonyl (C=O) groups excluding carboxylic acids is 1. The smallest absolute Gasteiger partial charge is 0.326 e. The molecule has 1 aromatic carbocycles. The van der Waals surface area contributed by atoms with Gasteiger partial charge in [-0.15, -0.1) is 0 Å². The molecule has 1 rings (SSSR count). The van der Waals surface area contributed by atoms with Gasteiger partial charge in [-0.25, -0.2) is 14.0 Å². The zero-order valence-electron chi connectivity index (χ0n) is 11.2. The van der Waals surface area contributed by atoms with Gasteiger partial charge in [0, 0.05) is 0 Å². The van der Waals surface area contributed by atoms with Crippen LogP contribution in [0.2, 0.25) is 0 Å². The molecule has 2 atom stereocenters. The van der Waals surface area contributed by atoms with Crippen LogP contribution in [0.3, 0.4) is 0 Å². The number of carbonyl (C=O) groups is 3. The van der Waals surface area contributed by atoms with Gasteiger partial charge >= 0.3 is 18.0 Å². The Kier molecular flexibility index (Phi) is 5.65. The summed E-state index contributed by atoms with van der Waals surface area (Å²) in [6.45, 7) is 1.62. The molecule has 7 nitrogen and oxygen atoms in total. The van der Waals surface area contributed by atoms with Gasteiger partial charge in [-0.2, -0.15) is 0 Å². The molecule has 2 unspecified atom stereocenters. The highest BCUT2D eigenvalue weighted by Crippen LogP contribution is 2.12. The number of carboxylic acid groups (broad SMARTS) is 2. The summed E-state index contributed by atoms with van der Waals surface area (Å²) in [7, 11) is 0. The predicted octanol–water partition coefficient (Wildman–Crippen LogP) is 1.11. The van der Waals surface area contributed by atoms with E-state index in [1.165, 1.54) is 24.3 Å². The van der Waals surface area contributed by atoms with Crippen LogP contribution >= 0.6 is 0 Å². The summed E-state index contributed by atoms with van der Waals surface area (Å²) in [5.74, 6) is -3.20. The molecule has 8 heteroatoms. The maximum Gasteiger partial charge on any atom is 0.326 e. The summed E-state index contributed by atoms with van der Waals surface area (Å²) >= 11 is 0. The molecule has 0 radical (unpaired) electrons. The molecule has 2 amide bonds. The molecule has 0 fully saturated rings. The second-order valence-corrected chi connectivity index (χ2v) is 4.38. The highest BCUT2D eigenvalue weighted by atomic mass is 19.1. The van der Waals surface area contributed by atoms with E-state index < -0.39 is 42.3 Å². The summed E-state index contributed by atoms with van der Waals surface area (Å²) < 4.78 is 12.8. The van der Waals surface area contributed by atoms with Crippen molar-refractivity contribution in [1.29, 1.82) is 0 Å². The van der Waals surface area contributed by atoms with Crippen molar-refractivity contribution in [2.24, 2.45) is 0 Å². The number of carboxylic acids is 2. The van der Waals surface area contributed by atoms with E-state index in [0.717, 1.165) is 0 Å². The predicted molar refractivity (Wildman–Crippen MR) is 70.2 cm³/mol. The number of rotatable bonds is 6. The van der Waals surface area contributed by atoms with Crippen molar-refractivity contribution < 1.29 is 29.0 Å². The maximum absolute atomic E-state index is 12.8. The van der Waals surface area contributed by atoms with Crippen molar-refractivity contribution in [2.45, 2.75) is 25.4 Å². The molecule has 0 aromatic heterocycles. The topological polar surface area (TPSA) is 116 Å². The lowest BCUT2D eigenvalue weighted by Gasteiger charge is -2.17. The number of aliphatic carboxylic acids is 2. The largest absolute Gasteiger partial charge is 0.481 e. The minimum Gasteiger partial charge on any atom is -0.481 e. The van der Waals surface area contributed by atoms with Gasteiger partial charge in [0.25, 0.3) is 0 Å². The van der Waals surface area contributed by atoms with E-state index in [0.29, 0.717) is 5.56 Å². The number of amides is 2. The van der Waals surface area contributed by atoms with E-state index in [4.69, 9.17) is 10.2 Å². The lowest BCUT2D eigenvalue weighted by Crippen LogP contribution is -2.47. The quantitative estimate of drug-likeness (QED) is 0.628.